The lowest BCUT2D eigenvalue weighted by Crippen LogP contribution is -2.42. The Morgan fingerprint density at radius 3 is 2.53 bits per heavy atom. The molecule has 0 aliphatic heterocycles. The van der Waals surface area contributed by atoms with Gasteiger partial charge in [-0.2, -0.15) is 13.2 Å². The van der Waals surface area contributed by atoms with Gasteiger partial charge in [0, 0.05) is 25.4 Å². The van der Waals surface area contributed by atoms with Gasteiger partial charge in [-0.3, -0.25) is 4.79 Å². The predicted octanol–water partition coefficient (Wildman–Crippen LogP) is 3.40. The van der Waals surface area contributed by atoms with Gasteiger partial charge >= 0.3 is 6.18 Å². The molecule has 2 aromatic rings. The van der Waals surface area contributed by atoms with Gasteiger partial charge in [0.1, 0.15) is 11.6 Å². The van der Waals surface area contributed by atoms with E-state index in [0.29, 0.717) is 19.0 Å². The number of nitrogens with one attached hydrogen (secondary N) is 3. The molecule has 1 aromatic heterocycles. The smallest absolute Gasteiger partial charge is 0.419 e. The maximum Gasteiger partial charge on any atom is 0.419 e. The van der Waals surface area contributed by atoms with Crippen molar-refractivity contribution in [3.63, 3.8) is 0 Å². The Morgan fingerprint density at radius 2 is 1.92 bits per heavy atom. The fraction of sp³-hybridized carbons (Fsp3) is 0.500. The number of carbonyl (C=O) groups excluding carboxylic acids is 1. The number of aromatic nitrogens is 2. The summed E-state index contributed by atoms with van der Waals surface area (Å²) in [6, 6.07) is 1.58. The standard InChI is InChI=1S/C22H27F4N5O4S/c1-27-20(32)13-9-18(19(35-2)10-15(13)23)30-21-28-11-14(22(24,25)26)17(29-21)8-12-6-4-5-7-16(12)31-36(3,33)34/h9-12,16,31H,4-8H2,1-3H3,(H,27,32)(H,28,29,30)/t12-,16+/m0/s1. The number of methoxy groups -OCH3 is 1. The molecule has 1 aromatic carbocycles. The van der Waals surface area contributed by atoms with Crippen molar-refractivity contribution in [2.75, 3.05) is 25.7 Å². The summed E-state index contributed by atoms with van der Waals surface area (Å²) >= 11 is 0. The van der Waals surface area contributed by atoms with Crippen LogP contribution in [-0.4, -0.2) is 50.7 Å². The lowest BCUT2D eigenvalue weighted by Gasteiger charge is -2.32. The molecular weight excluding hydrogens is 506 g/mol. The third-order valence-corrected chi connectivity index (χ3v) is 6.64. The second-order valence-electron chi connectivity index (χ2n) is 8.53. The molecule has 1 amide bonds. The molecule has 3 N–H and O–H groups in total. The van der Waals surface area contributed by atoms with Gasteiger partial charge in [-0.25, -0.2) is 27.5 Å². The van der Waals surface area contributed by atoms with Gasteiger partial charge in [-0.05, 0) is 31.2 Å². The molecule has 1 aliphatic rings. The third kappa shape index (κ3) is 6.81. The topological polar surface area (TPSA) is 122 Å². The normalized spacial score (nSPS) is 18.5. The predicted molar refractivity (Wildman–Crippen MR) is 124 cm³/mol. The molecule has 0 saturated heterocycles. The van der Waals surface area contributed by atoms with E-state index in [2.05, 4.69) is 25.3 Å². The van der Waals surface area contributed by atoms with Crippen LogP contribution in [0.1, 0.15) is 47.3 Å². The van der Waals surface area contributed by atoms with Crippen molar-refractivity contribution in [2.24, 2.45) is 5.92 Å². The number of nitrogens with zero attached hydrogens (tertiary/aromatic N) is 2. The van der Waals surface area contributed by atoms with Crippen LogP contribution in [0.15, 0.2) is 18.3 Å². The van der Waals surface area contributed by atoms with Gasteiger partial charge in [0.2, 0.25) is 16.0 Å². The summed E-state index contributed by atoms with van der Waals surface area (Å²) in [6.45, 7) is 0. The van der Waals surface area contributed by atoms with E-state index in [1.807, 2.05) is 0 Å². The van der Waals surface area contributed by atoms with Crippen LogP contribution in [0.25, 0.3) is 0 Å². The number of carbonyl (C=O) groups is 1. The van der Waals surface area contributed by atoms with E-state index in [4.69, 9.17) is 4.74 Å². The van der Waals surface area contributed by atoms with Gasteiger partial charge in [-0.1, -0.05) is 12.8 Å². The number of hydrogen-bond acceptors (Lipinski definition) is 7. The zero-order valence-corrected chi connectivity index (χ0v) is 20.7. The van der Waals surface area contributed by atoms with E-state index in [0.717, 1.165) is 31.2 Å². The van der Waals surface area contributed by atoms with Gasteiger partial charge in [0.05, 0.1) is 35.9 Å². The number of benzene rings is 1. The van der Waals surface area contributed by atoms with Crippen molar-refractivity contribution in [3.05, 3.63) is 41.0 Å². The second-order valence-corrected chi connectivity index (χ2v) is 10.3. The summed E-state index contributed by atoms with van der Waals surface area (Å²) in [6.07, 6.45) is -0.685. The first-order valence-electron chi connectivity index (χ1n) is 11.1. The lowest BCUT2D eigenvalue weighted by atomic mass is 9.81. The number of amides is 1. The van der Waals surface area contributed by atoms with Crippen LogP contribution in [0.2, 0.25) is 0 Å². The number of alkyl halides is 3. The number of rotatable bonds is 8. The van der Waals surface area contributed by atoms with Gasteiger partial charge in [-0.15, -0.1) is 0 Å². The highest BCUT2D eigenvalue weighted by Crippen LogP contribution is 2.36. The van der Waals surface area contributed by atoms with Crippen LogP contribution in [0, 0.1) is 11.7 Å². The molecular formula is C22H27F4N5O4S. The van der Waals surface area contributed by atoms with E-state index < -0.39 is 45.4 Å². The van der Waals surface area contributed by atoms with Gasteiger partial charge < -0.3 is 15.4 Å². The van der Waals surface area contributed by atoms with Crippen LogP contribution < -0.4 is 20.1 Å². The Balaban J connectivity index is 1.99. The van der Waals surface area contributed by atoms with Gasteiger partial charge in [0.25, 0.3) is 5.91 Å². The molecule has 9 nitrogen and oxygen atoms in total. The van der Waals surface area contributed by atoms with E-state index in [-0.39, 0.29) is 35.1 Å². The summed E-state index contributed by atoms with van der Waals surface area (Å²) in [7, 11) is -0.974. The Hall–Kier alpha value is -3.00. The summed E-state index contributed by atoms with van der Waals surface area (Å²) in [4.78, 5) is 19.8. The zero-order valence-electron chi connectivity index (χ0n) is 19.9. The second kappa shape index (κ2) is 10.9. The molecule has 198 valence electrons. The molecule has 3 rings (SSSR count). The molecule has 0 spiro atoms. The highest BCUT2D eigenvalue weighted by molar-refractivity contribution is 7.88. The summed E-state index contributed by atoms with van der Waals surface area (Å²) in [5.41, 5.74) is -1.59. The van der Waals surface area contributed by atoms with E-state index >= 15 is 0 Å². The minimum atomic E-state index is -4.73. The lowest BCUT2D eigenvalue weighted by molar-refractivity contribution is -0.138. The molecule has 1 fully saturated rings. The third-order valence-electron chi connectivity index (χ3n) is 5.91. The average molecular weight is 534 g/mol. The molecule has 1 heterocycles. The first kappa shape index (κ1) is 27.6. The molecule has 0 radical (unpaired) electrons. The van der Waals surface area contributed by atoms with E-state index in [1.165, 1.54) is 14.2 Å². The van der Waals surface area contributed by atoms with Crippen molar-refractivity contribution in [1.29, 1.82) is 0 Å². The Bertz CT molecular complexity index is 1220. The Kier molecular flexibility index (Phi) is 8.39. The maximum atomic E-state index is 14.3. The van der Waals surface area contributed by atoms with Crippen LogP contribution in [0.4, 0.5) is 29.2 Å². The number of ether oxygens (including phenoxy) is 1. The molecule has 14 heteroatoms. The molecule has 0 unspecified atom stereocenters. The maximum absolute atomic E-state index is 14.3. The monoisotopic (exact) mass is 533 g/mol. The molecule has 1 saturated carbocycles. The van der Waals surface area contributed by atoms with Crippen LogP contribution >= 0.6 is 0 Å². The summed E-state index contributed by atoms with van der Waals surface area (Å²) in [5.74, 6) is -2.22. The quantitative estimate of drug-likeness (QED) is 0.445. The van der Waals surface area contributed by atoms with Crippen molar-refractivity contribution in [2.45, 2.75) is 44.3 Å². The van der Waals surface area contributed by atoms with Crippen molar-refractivity contribution < 1.29 is 35.5 Å². The zero-order chi connectivity index (χ0) is 26.7. The molecule has 36 heavy (non-hydrogen) atoms. The Morgan fingerprint density at radius 1 is 1.22 bits per heavy atom. The fourth-order valence-corrected chi connectivity index (χ4v) is 5.11. The number of sulfonamides is 1. The van der Waals surface area contributed by atoms with Gasteiger partial charge in [0.15, 0.2) is 0 Å². The van der Waals surface area contributed by atoms with Crippen molar-refractivity contribution >= 4 is 27.6 Å². The SMILES string of the molecule is CNC(=O)c1cc(Nc2ncc(C(F)(F)F)c(C[C@@H]3CCCC[C@H]3NS(C)(=O)=O)n2)c(OC)cc1F. The van der Waals surface area contributed by atoms with E-state index in [9.17, 15) is 30.8 Å². The molecule has 1 aliphatic carbocycles. The summed E-state index contributed by atoms with van der Waals surface area (Å²) in [5, 5.41) is 5.00. The Labute approximate surface area is 206 Å². The highest BCUT2D eigenvalue weighted by atomic mass is 32.2. The number of hydrogen-bond donors (Lipinski definition) is 3. The molecule has 2 atom stereocenters. The minimum Gasteiger partial charge on any atom is -0.494 e. The first-order chi connectivity index (χ1) is 16.8. The molecule has 0 bridgehead atoms. The number of anilines is 2. The van der Waals surface area contributed by atoms with Crippen LogP contribution in [0.3, 0.4) is 0 Å². The fourth-order valence-electron chi connectivity index (χ4n) is 4.25. The van der Waals surface area contributed by atoms with Crippen LogP contribution in [-0.2, 0) is 22.6 Å². The number of halogens is 4. The minimum absolute atomic E-state index is 0.0186. The summed E-state index contributed by atoms with van der Waals surface area (Å²) < 4.78 is 86.7. The van der Waals surface area contributed by atoms with Crippen LogP contribution in [0.5, 0.6) is 5.75 Å². The first-order valence-corrected chi connectivity index (χ1v) is 13.0. The van der Waals surface area contributed by atoms with Crippen molar-refractivity contribution in [1.82, 2.24) is 20.0 Å². The van der Waals surface area contributed by atoms with Crippen molar-refractivity contribution in [3.8, 4) is 5.75 Å². The highest BCUT2D eigenvalue weighted by Gasteiger charge is 2.37. The largest absolute Gasteiger partial charge is 0.494 e. The average Bonchev–Trinajstić information content (AvgIpc) is 2.79. The van der Waals surface area contributed by atoms with E-state index in [1.54, 1.807) is 0 Å².